The van der Waals surface area contributed by atoms with Crippen LogP contribution in [0.15, 0.2) is 30.3 Å². The van der Waals surface area contributed by atoms with Crippen LogP contribution in [0.5, 0.6) is 0 Å². The summed E-state index contributed by atoms with van der Waals surface area (Å²) in [7, 11) is 0. The largest absolute Gasteiger partial charge is 0.329 e. The molecule has 0 saturated carbocycles. The number of aryl methyl sites for hydroxylation is 1. The van der Waals surface area contributed by atoms with E-state index in [4.69, 9.17) is 0 Å². The topological polar surface area (TPSA) is 112 Å². The highest BCUT2D eigenvalue weighted by atomic mass is 16.2. The van der Waals surface area contributed by atoms with Crippen LogP contribution in [0.1, 0.15) is 5.82 Å². The van der Waals surface area contributed by atoms with Gasteiger partial charge in [-0.2, -0.15) is 4.98 Å². The number of carbonyl (C=O) groups is 2. The Bertz CT molecular complexity index is 595. The van der Waals surface area contributed by atoms with Crippen molar-refractivity contribution in [1.82, 2.24) is 20.5 Å². The number of aromatic amines is 1. The summed E-state index contributed by atoms with van der Waals surface area (Å²) in [5, 5.41) is 13.8. The average Bonchev–Trinajstić information content (AvgIpc) is 2.83. The van der Waals surface area contributed by atoms with Crippen molar-refractivity contribution in [2.75, 3.05) is 17.2 Å². The third kappa shape index (κ3) is 4.09. The highest BCUT2D eigenvalue weighted by Crippen LogP contribution is 2.03. The first-order valence-electron chi connectivity index (χ1n) is 5.92. The molecule has 0 unspecified atom stereocenters. The van der Waals surface area contributed by atoms with Crippen molar-refractivity contribution in [3.05, 3.63) is 36.2 Å². The monoisotopic (exact) mass is 274 g/mol. The van der Waals surface area contributed by atoms with Crippen LogP contribution in [0, 0.1) is 6.92 Å². The van der Waals surface area contributed by atoms with E-state index in [1.807, 2.05) is 6.07 Å². The Hall–Kier alpha value is -2.90. The Balaban J connectivity index is 1.74. The van der Waals surface area contributed by atoms with Gasteiger partial charge in [0.2, 0.25) is 11.9 Å². The van der Waals surface area contributed by atoms with E-state index in [-0.39, 0.29) is 12.5 Å². The molecule has 8 heteroatoms. The van der Waals surface area contributed by atoms with Gasteiger partial charge in [0.25, 0.3) is 0 Å². The molecule has 0 aliphatic rings. The third-order valence-electron chi connectivity index (χ3n) is 2.29. The fraction of sp³-hybridized carbons (Fsp3) is 0.167. The number of carbonyl (C=O) groups excluding carboxylic acids is 2. The summed E-state index contributed by atoms with van der Waals surface area (Å²) in [6, 6.07) is 8.47. The zero-order valence-electron chi connectivity index (χ0n) is 10.8. The number of anilines is 2. The zero-order valence-corrected chi connectivity index (χ0v) is 10.8. The summed E-state index contributed by atoms with van der Waals surface area (Å²) in [4.78, 5) is 27.0. The summed E-state index contributed by atoms with van der Waals surface area (Å²) in [6.07, 6.45) is 0. The second-order valence-corrected chi connectivity index (χ2v) is 3.97. The van der Waals surface area contributed by atoms with Crippen molar-refractivity contribution >= 4 is 23.6 Å². The third-order valence-corrected chi connectivity index (χ3v) is 2.29. The van der Waals surface area contributed by atoms with E-state index in [0.29, 0.717) is 11.5 Å². The van der Waals surface area contributed by atoms with Crippen molar-refractivity contribution in [3.8, 4) is 0 Å². The summed E-state index contributed by atoms with van der Waals surface area (Å²) in [6.45, 7) is 1.54. The van der Waals surface area contributed by atoms with Crippen molar-refractivity contribution in [3.63, 3.8) is 0 Å². The van der Waals surface area contributed by atoms with Crippen molar-refractivity contribution < 1.29 is 9.59 Å². The molecular weight excluding hydrogens is 260 g/mol. The first-order chi connectivity index (χ1) is 9.63. The molecule has 3 amide bonds. The Morgan fingerprint density at radius 2 is 1.95 bits per heavy atom. The van der Waals surface area contributed by atoms with E-state index in [0.717, 1.165) is 0 Å². The highest BCUT2D eigenvalue weighted by Gasteiger charge is 2.08. The number of amides is 3. The van der Waals surface area contributed by atoms with Gasteiger partial charge in [0.1, 0.15) is 5.82 Å². The van der Waals surface area contributed by atoms with Crippen LogP contribution < -0.4 is 16.0 Å². The van der Waals surface area contributed by atoms with E-state index in [1.165, 1.54) is 0 Å². The molecule has 0 aliphatic heterocycles. The number of benzene rings is 1. The molecule has 0 atom stereocenters. The fourth-order valence-corrected chi connectivity index (χ4v) is 1.42. The van der Waals surface area contributed by atoms with Crippen LogP contribution in [-0.4, -0.2) is 33.7 Å². The Morgan fingerprint density at radius 1 is 1.20 bits per heavy atom. The number of para-hydroxylation sites is 1. The number of nitrogens with one attached hydrogen (secondary N) is 4. The number of aromatic nitrogens is 3. The van der Waals surface area contributed by atoms with Gasteiger partial charge >= 0.3 is 6.03 Å². The van der Waals surface area contributed by atoms with E-state index >= 15 is 0 Å². The number of hydrogen-bond donors (Lipinski definition) is 4. The summed E-state index contributed by atoms with van der Waals surface area (Å²) in [5.41, 5.74) is 0.648. The van der Waals surface area contributed by atoms with E-state index in [2.05, 4.69) is 31.1 Å². The molecule has 0 aliphatic carbocycles. The molecule has 104 valence electrons. The molecule has 1 aromatic carbocycles. The molecule has 20 heavy (non-hydrogen) atoms. The molecule has 2 aromatic rings. The quantitative estimate of drug-likeness (QED) is 0.662. The molecule has 4 N–H and O–H groups in total. The van der Waals surface area contributed by atoms with Crippen molar-refractivity contribution in [2.24, 2.45) is 0 Å². The molecule has 2 rings (SSSR count). The lowest BCUT2D eigenvalue weighted by molar-refractivity contribution is -0.115. The Morgan fingerprint density at radius 3 is 2.60 bits per heavy atom. The maximum atomic E-state index is 11.5. The molecular formula is C12H14N6O2. The molecule has 0 spiro atoms. The number of rotatable bonds is 4. The molecule has 0 radical (unpaired) electrons. The van der Waals surface area contributed by atoms with E-state index in [1.54, 1.807) is 31.2 Å². The van der Waals surface area contributed by atoms with Gasteiger partial charge in [0, 0.05) is 5.69 Å². The highest BCUT2D eigenvalue weighted by molar-refractivity contribution is 5.96. The number of urea groups is 1. The average molecular weight is 274 g/mol. The minimum Gasteiger partial charge on any atom is -0.329 e. The smallest absolute Gasteiger partial charge is 0.319 e. The first kappa shape index (κ1) is 13.5. The molecule has 8 nitrogen and oxygen atoms in total. The Kier molecular flexibility index (Phi) is 4.28. The zero-order chi connectivity index (χ0) is 14.4. The fourth-order valence-electron chi connectivity index (χ4n) is 1.42. The van der Waals surface area contributed by atoms with Gasteiger partial charge in [-0.25, -0.2) is 4.79 Å². The lowest BCUT2D eigenvalue weighted by atomic mass is 10.3. The molecule has 1 heterocycles. The van der Waals surface area contributed by atoms with Gasteiger partial charge in [0.15, 0.2) is 0 Å². The standard InChI is InChI=1S/C12H14N6O2/c1-8-14-11(18-17-8)16-10(19)7-13-12(20)15-9-5-3-2-4-6-9/h2-6H,7H2,1H3,(H2,13,15,20)(H2,14,16,17,18,19). The Labute approximate surface area is 115 Å². The van der Waals surface area contributed by atoms with E-state index in [9.17, 15) is 9.59 Å². The first-order valence-corrected chi connectivity index (χ1v) is 5.92. The molecule has 0 bridgehead atoms. The van der Waals surface area contributed by atoms with Crippen LogP contribution in [0.2, 0.25) is 0 Å². The lowest BCUT2D eigenvalue weighted by Gasteiger charge is -2.06. The molecule has 0 saturated heterocycles. The summed E-state index contributed by atoms with van der Waals surface area (Å²) < 4.78 is 0. The van der Waals surface area contributed by atoms with Crippen LogP contribution in [0.3, 0.4) is 0 Å². The number of hydrogen-bond acceptors (Lipinski definition) is 4. The molecule has 1 aromatic heterocycles. The predicted octanol–water partition coefficient (Wildman–Crippen LogP) is 0.873. The minimum atomic E-state index is -0.461. The maximum Gasteiger partial charge on any atom is 0.319 e. The normalized spacial score (nSPS) is 9.85. The van der Waals surface area contributed by atoms with Crippen molar-refractivity contribution in [1.29, 1.82) is 0 Å². The maximum absolute atomic E-state index is 11.5. The number of H-pyrrole nitrogens is 1. The van der Waals surface area contributed by atoms with E-state index < -0.39 is 11.9 Å². The summed E-state index contributed by atoms with van der Waals surface area (Å²) >= 11 is 0. The van der Waals surface area contributed by atoms with Gasteiger partial charge in [0.05, 0.1) is 6.54 Å². The van der Waals surface area contributed by atoms with Gasteiger partial charge in [-0.1, -0.05) is 18.2 Å². The lowest BCUT2D eigenvalue weighted by Crippen LogP contribution is -2.35. The van der Waals surface area contributed by atoms with Crippen molar-refractivity contribution in [2.45, 2.75) is 6.92 Å². The van der Waals surface area contributed by atoms with Crippen LogP contribution >= 0.6 is 0 Å². The van der Waals surface area contributed by atoms with Gasteiger partial charge < -0.3 is 10.6 Å². The van der Waals surface area contributed by atoms with Crippen LogP contribution in [0.4, 0.5) is 16.4 Å². The summed E-state index contributed by atoms with van der Waals surface area (Å²) in [5.74, 6) is 0.361. The van der Waals surface area contributed by atoms with Gasteiger partial charge in [-0.3, -0.25) is 15.2 Å². The molecule has 0 fully saturated rings. The minimum absolute atomic E-state index is 0.174. The predicted molar refractivity (Wildman–Crippen MR) is 73.2 cm³/mol. The number of nitrogens with zero attached hydrogens (tertiary/aromatic N) is 2. The van der Waals surface area contributed by atoms with Crippen LogP contribution in [0.25, 0.3) is 0 Å². The van der Waals surface area contributed by atoms with Gasteiger partial charge in [-0.15, -0.1) is 5.10 Å². The second kappa shape index (κ2) is 6.32. The second-order valence-electron chi connectivity index (χ2n) is 3.97. The van der Waals surface area contributed by atoms with Gasteiger partial charge in [-0.05, 0) is 19.1 Å². The SMILES string of the molecule is Cc1nc(NC(=O)CNC(=O)Nc2ccccc2)n[nH]1. The van der Waals surface area contributed by atoms with Crippen LogP contribution in [-0.2, 0) is 4.79 Å².